The SMILES string of the molecule is [B]c1ccc(-c2cccc(C(C)C)c2)cc1. The van der Waals surface area contributed by atoms with Gasteiger partial charge in [-0.05, 0) is 22.6 Å². The zero-order valence-electron chi connectivity index (χ0n) is 9.77. The summed E-state index contributed by atoms with van der Waals surface area (Å²) in [5, 5.41) is 0. The molecule has 0 saturated heterocycles. The van der Waals surface area contributed by atoms with Gasteiger partial charge in [-0.2, -0.15) is 0 Å². The van der Waals surface area contributed by atoms with Gasteiger partial charge in [-0.15, -0.1) is 0 Å². The third-order valence-corrected chi connectivity index (χ3v) is 2.80. The first-order valence-electron chi connectivity index (χ1n) is 5.62. The van der Waals surface area contributed by atoms with E-state index < -0.39 is 0 Å². The fraction of sp³-hybridized carbons (Fsp3) is 0.200. The molecular weight excluding hydrogens is 191 g/mol. The third-order valence-electron chi connectivity index (χ3n) is 2.80. The molecule has 0 aliphatic carbocycles. The van der Waals surface area contributed by atoms with Gasteiger partial charge in [0.2, 0.25) is 0 Å². The highest BCUT2D eigenvalue weighted by Crippen LogP contribution is 2.23. The third kappa shape index (κ3) is 2.36. The monoisotopic (exact) mass is 206 g/mol. The Bertz CT molecular complexity index is 469. The van der Waals surface area contributed by atoms with Crippen molar-refractivity contribution < 1.29 is 0 Å². The van der Waals surface area contributed by atoms with Crippen LogP contribution in [0.1, 0.15) is 25.3 Å². The molecule has 0 heterocycles. The van der Waals surface area contributed by atoms with Gasteiger partial charge in [0, 0.05) is 0 Å². The molecule has 2 aromatic rings. The highest BCUT2D eigenvalue weighted by atomic mass is 14.1. The fourth-order valence-corrected chi connectivity index (χ4v) is 1.75. The van der Waals surface area contributed by atoms with Gasteiger partial charge in [0.1, 0.15) is 7.85 Å². The van der Waals surface area contributed by atoms with Crippen molar-refractivity contribution in [3.05, 3.63) is 54.1 Å². The number of rotatable bonds is 2. The first-order chi connectivity index (χ1) is 7.66. The van der Waals surface area contributed by atoms with E-state index in [4.69, 9.17) is 7.85 Å². The van der Waals surface area contributed by atoms with Crippen molar-refractivity contribution in [1.29, 1.82) is 0 Å². The maximum Gasteiger partial charge on any atom is 0.113 e. The maximum atomic E-state index is 5.68. The lowest BCUT2D eigenvalue weighted by molar-refractivity contribution is 0.867. The van der Waals surface area contributed by atoms with Gasteiger partial charge >= 0.3 is 0 Å². The summed E-state index contributed by atoms with van der Waals surface area (Å²) < 4.78 is 0. The molecule has 0 aliphatic rings. The van der Waals surface area contributed by atoms with Crippen LogP contribution >= 0.6 is 0 Å². The number of hydrogen-bond donors (Lipinski definition) is 0. The summed E-state index contributed by atoms with van der Waals surface area (Å²) >= 11 is 0. The molecule has 2 radical (unpaired) electrons. The standard InChI is InChI=1S/C15H15B/c1-11(2)13-4-3-5-14(10-13)12-6-8-15(16)9-7-12/h3-11H,1-2H3. The van der Waals surface area contributed by atoms with E-state index in [1.54, 1.807) is 0 Å². The highest BCUT2D eigenvalue weighted by Gasteiger charge is 2.01. The molecule has 2 rings (SSSR count). The van der Waals surface area contributed by atoms with Gasteiger partial charge in [0.05, 0.1) is 0 Å². The van der Waals surface area contributed by atoms with E-state index in [2.05, 4.69) is 50.2 Å². The summed E-state index contributed by atoms with van der Waals surface area (Å²) in [6.45, 7) is 4.42. The van der Waals surface area contributed by atoms with Crippen LogP contribution in [0.15, 0.2) is 48.5 Å². The molecule has 2 aromatic carbocycles. The lowest BCUT2D eigenvalue weighted by Gasteiger charge is -2.08. The molecule has 0 nitrogen and oxygen atoms in total. The van der Waals surface area contributed by atoms with Crippen LogP contribution in [-0.4, -0.2) is 7.85 Å². The van der Waals surface area contributed by atoms with Crippen LogP contribution in [0.4, 0.5) is 0 Å². The Labute approximate surface area is 98.7 Å². The molecule has 0 fully saturated rings. The van der Waals surface area contributed by atoms with E-state index in [0.29, 0.717) is 5.92 Å². The molecule has 0 saturated carbocycles. The second-order valence-corrected chi connectivity index (χ2v) is 4.40. The first-order valence-corrected chi connectivity index (χ1v) is 5.62. The van der Waals surface area contributed by atoms with Crippen LogP contribution in [0.5, 0.6) is 0 Å². The second kappa shape index (κ2) is 4.57. The van der Waals surface area contributed by atoms with Crippen LogP contribution in [0.25, 0.3) is 11.1 Å². The topological polar surface area (TPSA) is 0 Å². The number of hydrogen-bond acceptors (Lipinski definition) is 0. The second-order valence-electron chi connectivity index (χ2n) is 4.40. The van der Waals surface area contributed by atoms with E-state index in [1.807, 2.05) is 12.1 Å². The molecule has 78 valence electrons. The van der Waals surface area contributed by atoms with E-state index in [1.165, 1.54) is 16.7 Å². The first kappa shape index (κ1) is 11.0. The lowest BCUT2D eigenvalue weighted by atomic mass is 9.92. The summed E-state index contributed by atoms with van der Waals surface area (Å²) in [5.74, 6) is 0.564. The average Bonchev–Trinajstić information content (AvgIpc) is 2.30. The normalized spacial score (nSPS) is 10.7. The predicted molar refractivity (Wildman–Crippen MR) is 71.4 cm³/mol. The zero-order valence-corrected chi connectivity index (χ0v) is 9.77. The Morgan fingerprint density at radius 3 is 2.19 bits per heavy atom. The molecule has 0 spiro atoms. The van der Waals surface area contributed by atoms with Gasteiger partial charge in [-0.25, -0.2) is 0 Å². The Hall–Kier alpha value is -1.50. The van der Waals surface area contributed by atoms with Crippen molar-refractivity contribution in [3.63, 3.8) is 0 Å². The molecule has 0 atom stereocenters. The van der Waals surface area contributed by atoms with Crippen LogP contribution in [0, 0.1) is 0 Å². The highest BCUT2D eigenvalue weighted by molar-refractivity contribution is 6.32. The lowest BCUT2D eigenvalue weighted by Crippen LogP contribution is -1.99. The minimum absolute atomic E-state index is 0.564. The van der Waals surface area contributed by atoms with Crippen molar-refractivity contribution in [3.8, 4) is 11.1 Å². The summed E-state index contributed by atoms with van der Waals surface area (Å²) in [5.41, 5.74) is 4.65. The van der Waals surface area contributed by atoms with Crippen molar-refractivity contribution >= 4 is 13.3 Å². The molecule has 0 aromatic heterocycles. The minimum Gasteiger partial charge on any atom is -0.0966 e. The van der Waals surface area contributed by atoms with Gasteiger partial charge in [-0.3, -0.25) is 0 Å². The molecule has 0 bridgehead atoms. The van der Waals surface area contributed by atoms with Crippen LogP contribution in [-0.2, 0) is 0 Å². The van der Waals surface area contributed by atoms with Crippen LogP contribution < -0.4 is 5.46 Å². The summed E-state index contributed by atoms with van der Waals surface area (Å²) in [6.07, 6.45) is 0. The smallest absolute Gasteiger partial charge is 0.0966 e. The summed E-state index contributed by atoms with van der Waals surface area (Å²) in [7, 11) is 5.68. The van der Waals surface area contributed by atoms with E-state index in [-0.39, 0.29) is 0 Å². The molecular formula is C15H15B. The van der Waals surface area contributed by atoms with Gasteiger partial charge < -0.3 is 0 Å². The Balaban J connectivity index is 2.40. The average molecular weight is 206 g/mol. The molecule has 0 aliphatic heterocycles. The summed E-state index contributed by atoms with van der Waals surface area (Å²) in [6, 6.07) is 16.7. The minimum atomic E-state index is 0.564. The Kier molecular flexibility index (Phi) is 3.14. The van der Waals surface area contributed by atoms with E-state index in [9.17, 15) is 0 Å². The maximum absolute atomic E-state index is 5.68. The fourth-order valence-electron chi connectivity index (χ4n) is 1.75. The largest absolute Gasteiger partial charge is 0.113 e. The summed E-state index contributed by atoms with van der Waals surface area (Å²) in [4.78, 5) is 0. The Morgan fingerprint density at radius 2 is 1.56 bits per heavy atom. The van der Waals surface area contributed by atoms with Crippen molar-refractivity contribution in [2.45, 2.75) is 19.8 Å². The predicted octanol–water partition coefficient (Wildman–Crippen LogP) is 3.27. The van der Waals surface area contributed by atoms with Crippen molar-refractivity contribution in [1.82, 2.24) is 0 Å². The van der Waals surface area contributed by atoms with Crippen molar-refractivity contribution in [2.24, 2.45) is 0 Å². The van der Waals surface area contributed by atoms with Gasteiger partial charge in [-0.1, -0.05) is 67.8 Å². The Morgan fingerprint density at radius 1 is 0.875 bits per heavy atom. The van der Waals surface area contributed by atoms with Gasteiger partial charge in [0.25, 0.3) is 0 Å². The molecule has 0 unspecified atom stereocenters. The van der Waals surface area contributed by atoms with E-state index >= 15 is 0 Å². The van der Waals surface area contributed by atoms with E-state index in [0.717, 1.165) is 5.46 Å². The molecule has 16 heavy (non-hydrogen) atoms. The number of benzene rings is 2. The molecule has 1 heteroatoms. The molecule has 0 N–H and O–H groups in total. The molecule has 0 amide bonds. The van der Waals surface area contributed by atoms with Crippen molar-refractivity contribution in [2.75, 3.05) is 0 Å². The zero-order chi connectivity index (χ0) is 11.5. The quantitative estimate of drug-likeness (QED) is 0.661. The van der Waals surface area contributed by atoms with Gasteiger partial charge in [0.15, 0.2) is 0 Å². The van der Waals surface area contributed by atoms with Crippen LogP contribution in [0.3, 0.4) is 0 Å². The van der Waals surface area contributed by atoms with Crippen LogP contribution in [0.2, 0.25) is 0 Å².